The van der Waals surface area contributed by atoms with Crippen molar-refractivity contribution < 1.29 is 28.4 Å². The second kappa shape index (κ2) is 9.96. The Morgan fingerprint density at radius 1 is 1.16 bits per heavy atom. The Bertz CT molecular complexity index is 1250. The van der Waals surface area contributed by atoms with E-state index in [4.69, 9.17) is 13.9 Å². The summed E-state index contributed by atoms with van der Waals surface area (Å²) in [6, 6.07) is 9.92. The molecule has 1 N–H and O–H groups in total. The molecule has 0 saturated carbocycles. The van der Waals surface area contributed by atoms with Gasteiger partial charge in [0.1, 0.15) is 17.8 Å². The minimum atomic E-state index is -0.894. The molecule has 0 aliphatic rings. The van der Waals surface area contributed by atoms with Gasteiger partial charge in [-0.05, 0) is 37.4 Å². The number of ether oxygens (including phenoxy) is 2. The maximum absolute atomic E-state index is 12.6. The number of nitrogens with one attached hydrogen (secondary N) is 1. The monoisotopic (exact) mass is 458 g/mol. The Hall–Kier alpha value is -3.86. The van der Waals surface area contributed by atoms with E-state index in [0.29, 0.717) is 21.5 Å². The van der Waals surface area contributed by atoms with Crippen molar-refractivity contribution >= 4 is 46.2 Å². The number of nitro benzene ring substituents is 1. The van der Waals surface area contributed by atoms with Crippen molar-refractivity contribution in [2.24, 2.45) is 0 Å². The van der Waals surface area contributed by atoms with Crippen LogP contribution in [0.5, 0.6) is 0 Å². The van der Waals surface area contributed by atoms with E-state index in [9.17, 15) is 24.5 Å². The van der Waals surface area contributed by atoms with Crippen molar-refractivity contribution in [1.29, 1.82) is 0 Å². The van der Waals surface area contributed by atoms with Crippen LogP contribution in [0.25, 0.3) is 11.0 Å². The Balaban J connectivity index is 1.86. The molecule has 1 aromatic heterocycles. The highest BCUT2D eigenvalue weighted by molar-refractivity contribution is 7.98. The van der Waals surface area contributed by atoms with Gasteiger partial charge >= 0.3 is 17.7 Å². The highest BCUT2D eigenvalue weighted by Crippen LogP contribution is 2.27. The van der Waals surface area contributed by atoms with Crippen molar-refractivity contribution in [3.05, 3.63) is 74.1 Å². The predicted octanol–water partition coefficient (Wildman–Crippen LogP) is 4.35. The average Bonchev–Trinajstić information content (AvgIpc) is 2.76. The second-order valence-electron chi connectivity index (χ2n) is 6.36. The van der Waals surface area contributed by atoms with Crippen LogP contribution >= 0.6 is 11.8 Å². The fourth-order valence-corrected chi connectivity index (χ4v) is 3.34. The first kappa shape index (κ1) is 22.8. The quantitative estimate of drug-likeness (QED) is 0.180. The van der Waals surface area contributed by atoms with Crippen LogP contribution in [0.1, 0.15) is 22.8 Å². The number of rotatable bonds is 7. The molecule has 0 unspecified atom stereocenters. The fraction of sp³-hybridized carbons (Fsp3) is 0.190. The number of nitrogens with zero attached hydrogens (tertiary/aromatic N) is 1. The smallest absolute Gasteiger partial charge is 0.411 e. The maximum atomic E-state index is 12.6. The minimum Gasteiger partial charge on any atom is -0.457 e. The summed E-state index contributed by atoms with van der Waals surface area (Å²) in [6.07, 6.45) is 1.12. The normalized spacial score (nSPS) is 10.6. The lowest BCUT2D eigenvalue weighted by molar-refractivity contribution is -0.385. The Labute approximate surface area is 185 Å². The zero-order chi connectivity index (χ0) is 23.3. The van der Waals surface area contributed by atoms with E-state index >= 15 is 0 Å². The molecule has 0 aliphatic heterocycles. The number of fused-ring (bicyclic) bond motifs is 1. The Morgan fingerprint density at radius 2 is 1.94 bits per heavy atom. The van der Waals surface area contributed by atoms with E-state index in [0.717, 1.165) is 0 Å². The molecule has 0 bridgehead atoms. The van der Waals surface area contributed by atoms with E-state index in [1.165, 1.54) is 42.1 Å². The third-order valence-electron chi connectivity index (χ3n) is 4.33. The molecule has 32 heavy (non-hydrogen) atoms. The molecule has 3 rings (SSSR count). The first-order valence-electron chi connectivity index (χ1n) is 9.32. The molecular formula is C21H18N2O8S. The molecule has 1 amide bonds. The molecule has 0 radical (unpaired) electrons. The van der Waals surface area contributed by atoms with Crippen molar-refractivity contribution in [1.82, 2.24) is 0 Å². The maximum Gasteiger partial charge on any atom is 0.411 e. The number of thioether (sulfide) groups is 1. The van der Waals surface area contributed by atoms with Gasteiger partial charge in [-0.3, -0.25) is 15.4 Å². The molecular weight excluding hydrogens is 440 g/mol. The summed E-state index contributed by atoms with van der Waals surface area (Å²) in [4.78, 5) is 47.4. The van der Waals surface area contributed by atoms with Crippen molar-refractivity contribution in [3.63, 3.8) is 0 Å². The molecule has 3 aromatic rings. The van der Waals surface area contributed by atoms with Crippen LogP contribution < -0.4 is 10.9 Å². The van der Waals surface area contributed by atoms with Gasteiger partial charge in [0.05, 0.1) is 11.5 Å². The van der Waals surface area contributed by atoms with E-state index in [1.54, 1.807) is 25.3 Å². The van der Waals surface area contributed by atoms with Crippen LogP contribution in [0.3, 0.4) is 0 Å². The van der Waals surface area contributed by atoms with Crippen molar-refractivity contribution in [2.75, 3.05) is 18.2 Å². The number of amides is 1. The zero-order valence-electron chi connectivity index (χ0n) is 17.1. The number of benzene rings is 2. The van der Waals surface area contributed by atoms with Crippen LogP contribution in [-0.2, 0) is 16.1 Å². The first-order chi connectivity index (χ1) is 15.3. The summed E-state index contributed by atoms with van der Waals surface area (Å²) in [6.45, 7) is 1.55. The predicted molar refractivity (Wildman–Crippen MR) is 117 cm³/mol. The van der Waals surface area contributed by atoms with Crippen LogP contribution in [0.4, 0.5) is 16.2 Å². The van der Waals surface area contributed by atoms with Gasteiger partial charge in [0, 0.05) is 39.7 Å². The third-order valence-corrected chi connectivity index (χ3v) is 5.06. The SMILES string of the molecule is CCOC(=O)Nc1ccc2c(COC(=O)c3cc(SC)ccc3[N+](=O)[O-])cc(=O)oc2c1. The average molecular weight is 458 g/mol. The molecule has 1 heterocycles. The molecule has 0 fully saturated rings. The fourth-order valence-electron chi connectivity index (χ4n) is 2.90. The van der Waals surface area contributed by atoms with Gasteiger partial charge in [0.2, 0.25) is 0 Å². The number of nitro groups is 1. The number of hydrogen-bond acceptors (Lipinski definition) is 9. The Morgan fingerprint density at radius 3 is 2.62 bits per heavy atom. The first-order valence-corrected chi connectivity index (χ1v) is 10.5. The highest BCUT2D eigenvalue weighted by atomic mass is 32.2. The van der Waals surface area contributed by atoms with Crippen LogP contribution in [0.15, 0.2) is 56.6 Å². The topological polar surface area (TPSA) is 138 Å². The lowest BCUT2D eigenvalue weighted by atomic mass is 10.1. The number of carbonyl (C=O) groups excluding carboxylic acids is 2. The summed E-state index contributed by atoms with van der Waals surface area (Å²) in [7, 11) is 0. The molecule has 0 atom stereocenters. The summed E-state index contributed by atoms with van der Waals surface area (Å²) < 4.78 is 15.3. The second-order valence-corrected chi connectivity index (χ2v) is 7.24. The van der Waals surface area contributed by atoms with Gasteiger partial charge in [-0.25, -0.2) is 14.4 Å². The third kappa shape index (κ3) is 5.24. The lowest BCUT2D eigenvalue weighted by Gasteiger charge is -2.10. The standard InChI is InChI=1S/C21H18N2O8S/c1-3-29-21(26)22-13-4-6-15-12(8-19(24)31-18(15)9-13)11-30-20(25)16-10-14(32-2)5-7-17(16)23(27)28/h4-10H,3,11H2,1-2H3,(H,22,26). The van der Waals surface area contributed by atoms with Crippen LogP contribution in [-0.4, -0.2) is 29.8 Å². The van der Waals surface area contributed by atoms with Gasteiger partial charge in [-0.1, -0.05) is 0 Å². The molecule has 0 spiro atoms. The largest absolute Gasteiger partial charge is 0.457 e. The summed E-state index contributed by atoms with van der Waals surface area (Å²) in [5.41, 5.74) is -0.399. The summed E-state index contributed by atoms with van der Waals surface area (Å²) in [5.74, 6) is -0.894. The molecule has 2 aromatic carbocycles. The van der Waals surface area contributed by atoms with Crippen LogP contribution in [0, 0.1) is 10.1 Å². The lowest BCUT2D eigenvalue weighted by Crippen LogP contribution is -2.13. The summed E-state index contributed by atoms with van der Waals surface area (Å²) in [5, 5.41) is 14.2. The van der Waals surface area contributed by atoms with E-state index < -0.39 is 22.6 Å². The van der Waals surface area contributed by atoms with Crippen LogP contribution in [0.2, 0.25) is 0 Å². The van der Waals surface area contributed by atoms with E-state index in [-0.39, 0.29) is 30.0 Å². The van der Waals surface area contributed by atoms with E-state index in [1.807, 2.05) is 0 Å². The van der Waals surface area contributed by atoms with Gasteiger partial charge in [0.15, 0.2) is 0 Å². The highest BCUT2D eigenvalue weighted by Gasteiger charge is 2.22. The minimum absolute atomic E-state index is 0.160. The number of anilines is 1. The number of hydrogen-bond donors (Lipinski definition) is 1. The zero-order valence-corrected chi connectivity index (χ0v) is 17.9. The van der Waals surface area contributed by atoms with Crippen molar-refractivity contribution in [2.45, 2.75) is 18.4 Å². The molecule has 0 aliphatic carbocycles. The molecule has 0 saturated heterocycles. The number of carbonyl (C=O) groups is 2. The number of esters is 1. The van der Waals surface area contributed by atoms with Gasteiger partial charge in [-0.15, -0.1) is 11.8 Å². The van der Waals surface area contributed by atoms with Crippen molar-refractivity contribution in [3.8, 4) is 0 Å². The summed E-state index contributed by atoms with van der Waals surface area (Å²) >= 11 is 1.32. The van der Waals surface area contributed by atoms with E-state index in [2.05, 4.69) is 5.32 Å². The Kier molecular flexibility index (Phi) is 7.11. The van der Waals surface area contributed by atoms with Gasteiger partial charge in [-0.2, -0.15) is 0 Å². The molecule has 11 heteroatoms. The van der Waals surface area contributed by atoms with Gasteiger partial charge in [0.25, 0.3) is 5.69 Å². The molecule has 10 nitrogen and oxygen atoms in total. The van der Waals surface area contributed by atoms with Gasteiger partial charge < -0.3 is 13.9 Å². The molecule has 166 valence electrons.